The summed E-state index contributed by atoms with van der Waals surface area (Å²) in [6, 6.07) is 0. The van der Waals surface area contributed by atoms with E-state index >= 15 is 0 Å². The van der Waals surface area contributed by atoms with Crippen molar-refractivity contribution in [1.29, 1.82) is 0 Å². The third kappa shape index (κ3) is 5.09. The van der Waals surface area contributed by atoms with Crippen LogP contribution in [0.2, 0.25) is 0 Å². The molecule has 9 aliphatic rings. The highest BCUT2D eigenvalue weighted by Crippen LogP contribution is 2.67. The minimum Gasteiger partial charge on any atom is -0.465 e. The Hall–Kier alpha value is -1.06. The van der Waals surface area contributed by atoms with Gasteiger partial charge in [0.25, 0.3) is 0 Å². The molecule has 4 unspecified atom stereocenters. The molecular weight excluding hydrogens is 520 g/mol. The Morgan fingerprint density at radius 2 is 0.857 bits per heavy atom. The Bertz CT molecular complexity index is 938. The molecule has 0 spiro atoms. The second kappa shape index (κ2) is 10.2. The topological polar surface area (TPSA) is 52.6 Å². The molecule has 4 heteroatoms. The summed E-state index contributed by atoms with van der Waals surface area (Å²) in [5.41, 5.74) is 0.304. The molecule has 4 nitrogen and oxygen atoms in total. The minimum atomic E-state index is -0.187. The summed E-state index contributed by atoms with van der Waals surface area (Å²) in [6.07, 6.45) is 16.1. The van der Waals surface area contributed by atoms with Crippen molar-refractivity contribution in [2.45, 2.75) is 131 Å². The molecule has 0 amide bonds. The van der Waals surface area contributed by atoms with Crippen LogP contribution in [0.5, 0.6) is 0 Å². The zero-order valence-corrected chi connectivity index (χ0v) is 27.7. The first-order valence-corrected chi connectivity index (χ1v) is 18.1. The predicted molar refractivity (Wildman–Crippen MR) is 165 cm³/mol. The SMILES string of the molecule is CC(C)(C)C1C2CC3CC1CC(C(=O)OCC1CCC(COC(=O)C45CC6CC(C4)C(C(C)(C)C)C(C6)C5)CC1)(C3)C2. The lowest BCUT2D eigenvalue weighted by atomic mass is 9.43. The van der Waals surface area contributed by atoms with E-state index in [0.29, 0.717) is 59.6 Å². The normalized spacial score (nSPS) is 47.5. The molecule has 42 heavy (non-hydrogen) atoms. The van der Waals surface area contributed by atoms with Crippen molar-refractivity contribution in [2.75, 3.05) is 13.2 Å². The van der Waals surface area contributed by atoms with Crippen molar-refractivity contribution in [3.63, 3.8) is 0 Å². The first-order chi connectivity index (χ1) is 19.7. The van der Waals surface area contributed by atoms with Crippen LogP contribution < -0.4 is 0 Å². The van der Waals surface area contributed by atoms with E-state index in [-0.39, 0.29) is 22.8 Å². The van der Waals surface area contributed by atoms with Gasteiger partial charge in [0.2, 0.25) is 0 Å². The van der Waals surface area contributed by atoms with Gasteiger partial charge >= 0.3 is 11.9 Å². The van der Waals surface area contributed by atoms with Crippen molar-refractivity contribution >= 4 is 11.9 Å². The Morgan fingerprint density at radius 1 is 0.548 bits per heavy atom. The molecule has 0 aliphatic heterocycles. The average molecular weight is 581 g/mol. The third-order valence-corrected chi connectivity index (χ3v) is 14.3. The highest BCUT2D eigenvalue weighted by atomic mass is 16.5. The fraction of sp³-hybridized carbons (Fsp3) is 0.947. The van der Waals surface area contributed by atoms with E-state index < -0.39 is 0 Å². The van der Waals surface area contributed by atoms with Crippen molar-refractivity contribution in [3.8, 4) is 0 Å². The minimum absolute atomic E-state index is 0.134. The lowest BCUT2D eigenvalue weighted by Gasteiger charge is -2.61. The molecule has 9 aliphatic carbocycles. The maximum atomic E-state index is 13.6. The summed E-state index contributed by atoms with van der Waals surface area (Å²) >= 11 is 0. The number of rotatable bonds is 6. The summed E-state index contributed by atoms with van der Waals surface area (Å²) in [4.78, 5) is 27.2. The fourth-order valence-corrected chi connectivity index (χ4v) is 13.6. The van der Waals surface area contributed by atoms with Gasteiger partial charge in [-0.1, -0.05) is 41.5 Å². The van der Waals surface area contributed by atoms with Gasteiger partial charge in [0, 0.05) is 0 Å². The molecule has 0 aromatic heterocycles. The molecule has 0 radical (unpaired) electrons. The van der Waals surface area contributed by atoms with Gasteiger partial charge in [-0.05, 0) is 160 Å². The summed E-state index contributed by atoms with van der Waals surface area (Å²) in [6.45, 7) is 15.7. The van der Waals surface area contributed by atoms with Crippen LogP contribution >= 0.6 is 0 Å². The van der Waals surface area contributed by atoms with Crippen LogP contribution in [0.25, 0.3) is 0 Å². The number of hydrogen-bond donors (Lipinski definition) is 0. The van der Waals surface area contributed by atoms with E-state index in [1.807, 2.05) is 0 Å². The van der Waals surface area contributed by atoms with E-state index in [2.05, 4.69) is 41.5 Å². The molecule has 4 atom stereocenters. The van der Waals surface area contributed by atoms with Gasteiger partial charge in [-0.2, -0.15) is 0 Å². The van der Waals surface area contributed by atoms with Gasteiger partial charge in [-0.25, -0.2) is 0 Å². The van der Waals surface area contributed by atoms with E-state index in [4.69, 9.17) is 9.47 Å². The maximum absolute atomic E-state index is 13.6. The zero-order valence-electron chi connectivity index (χ0n) is 27.7. The predicted octanol–water partition coefficient (Wildman–Crippen LogP) is 8.86. The molecule has 9 fully saturated rings. The van der Waals surface area contributed by atoms with Crippen LogP contribution in [-0.4, -0.2) is 25.2 Å². The molecule has 0 aromatic carbocycles. The molecule has 9 rings (SSSR count). The third-order valence-electron chi connectivity index (χ3n) is 14.3. The highest BCUT2D eigenvalue weighted by Gasteiger charge is 2.62. The first-order valence-electron chi connectivity index (χ1n) is 18.1. The van der Waals surface area contributed by atoms with E-state index in [0.717, 1.165) is 87.9 Å². The Labute approximate surface area is 256 Å². The van der Waals surface area contributed by atoms with Gasteiger partial charge < -0.3 is 9.47 Å². The van der Waals surface area contributed by atoms with Crippen LogP contribution in [0.3, 0.4) is 0 Å². The highest BCUT2D eigenvalue weighted by molar-refractivity contribution is 5.78. The van der Waals surface area contributed by atoms with Crippen molar-refractivity contribution in [3.05, 3.63) is 0 Å². The van der Waals surface area contributed by atoms with Crippen molar-refractivity contribution in [2.24, 2.45) is 80.8 Å². The molecule has 0 heterocycles. The van der Waals surface area contributed by atoms with E-state index in [9.17, 15) is 9.59 Å². The molecule has 0 aromatic rings. The number of hydrogen-bond acceptors (Lipinski definition) is 4. The Balaban J connectivity index is 0.868. The van der Waals surface area contributed by atoms with Crippen LogP contribution in [0.4, 0.5) is 0 Å². The molecule has 0 N–H and O–H groups in total. The van der Waals surface area contributed by atoms with Gasteiger partial charge in [0.1, 0.15) is 0 Å². The monoisotopic (exact) mass is 580 g/mol. The smallest absolute Gasteiger partial charge is 0.312 e. The molecule has 9 saturated carbocycles. The summed E-state index contributed by atoms with van der Waals surface area (Å²) in [5.74, 6) is 7.05. The summed E-state index contributed by atoms with van der Waals surface area (Å²) in [5, 5.41) is 0. The number of esters is 2. The second-order valence-electron chi connectivity index (χ2n) is 19.4. The molecule has 8 bridgehead atoms. The maximum Gasteiger partial charge on any atom is 0.312 e. The lowest BCUT2D eigenvalue weighted by molar-refractivity contribution is -0.186. The average Bonchev–Trinajstić information content (AvgIpc) is 2.88. The molecule has 0 saturated heterocycles. The molecular formula is C38H60O4. The number of carbonyl (C=O) groups excluding carboxylic acids is 2. The fourth-order valence-electron chi connectivity index (χ4n) is 13.6. The van der Waals surface area contributed by atoms with Gasteiger partial charge in [-0.3, -0.25) is 9.59 Å². The van der Waals surface area contributed by atoms with Crippen LogP contribution in [0, 0.1) is 80.8 Å². The summed E-state index contributed by atoms with van der Waals surface area (Å²) < 4.78 is 12.3. The first kappa shape index (κ1) is 29.6. The number of carbonyl (C=O) groups is 2. The van der Waals surface area contributed by atoms with Crippen LogP contribution in [-0.2, 0) is 19.1 Å². The van der Waals surface area contributed by atoms with Gasteiger partial charge in [-0.15, -0.1) is 0 Å². The zero-order chi connectivity index (χ0) is 29.7. The van der Waals surface area contributed by atoms with E-state index in [1.165, 1.54) is 25.7 Å². The van der Waals surface area contributed by atoms with Crippen LogP contribution in [0.15, 0.2) is 0 Å². The Morgan fingerprint density at radius 3 is 1.14 bits per heavy atom. The van der Waals surface area contributed by atoms with Crippen LogP contribution in [0.1, 0.15) is 131 Å². The van der Waals surface area contributed by atoms with Gasteiger partial charge in [0.05, 0.1) is 24.0 Å². The second-order valence-corrected chi connectivity index (χ2v) is 19.4. The van der Waals surface area contributed by atoms with E-state index in [1.54, 1.807) is 0 Å². The lowest BCUT2D eigenvalue weighted by Crippen LogP contribution is -2.57. The van der Waals surface area contributed by atoms with Crippen molar-refractivity contribution in [1.82, 2.24) is 0 Å². The largest absolute Gasteiger partial charge is 0.465 e. The summed E-state index contributed by atoms with van der Waals surface area (Å²) in [7, 11) is 0. The molecule has 236 valence electrons. The quantitative estimate of drug-likeness (QED) is 0.295. The Kier molecular flexibility index (Phi) is 7.22. The van der Waals surface area contributed by atoms with Crippen molar-refractivity contribution < 1.29 is 19.1 Å². The standard InChI is InChI=1S/C38H60O4/c1-35(2,3)31-27-11-25-12-28(31)18-37(15-25,17-27)33(39)41-21-23-7-9-24(10-8-23)22-42-34(40)38-16-26-13-29(19-38)32(36(4,5)6)30(14-26)20-38/h23-32H,7-22H2,1-6H3. The van der Waals surface area contributed by atoms with Gasteiger partial charge in [0.15, 0.2) is 0 Å². The number of ether oxygens (including phenoxy) is 2.